The molecular weight excluding hydrogens is 613 g/mol. The highest BCUT2D eigenvalue weighted by Crippen LogP contribution is 2.38. The van der Waals surface area contributed by atoms with Gasteiger partial charge < -0.3 is 4.74 Å². The molecule has 3 aromatic heterocycles. The zero-order valence-corrected chi connectivity index (χ0v) is 30.4. The summed E-state index contributed by atoms with van der Waals surface area (Å²) in [6.45, 7) is 15.3. The van der Waals surface area contributed by atoms with Gasteiger partial charge in [0.25, 0.3) is 0 Å². The fraction of sp³-hybridized carbons (Fsp3) is 0.289. The first-order valence-corrected chi connectivity index (χ1v) is 17.6. The molecule has 0 spiro atoms. The van der Waals surface area contributed by atoms with E-state index < -0.39 is 6.85 Å². The molecule has 0 amide bonds. The maximum absolute atomic E-state index is 8.10. The predicted molar refractivity (Wildman–Crippen MR) is 209 cm³/mol. The van der Waals surface area contributed by atoms with Crippen LogP contribution in [0, 0.1) is 6.85 Å². The summed E-state index contributed by atoms with van der Waals surface area (Å²) >= 11 is 0. The SMILES string of the molecule is [2H]C([2H])([2H])c1ccc2c(c1)c1ccc(Oc3cc(-n4nc(CC)c(-c5ccccc5)c4CC)cc(C(C)(C)C)c3)cc1n2-c1cc(C(C)(C)C)ccn1. The Bertz CT molecular complexity index is 2460. The van der Waals surface area contributed by atoms with Gasteiger partial charge in [-0.15, -0.1) is 0 Å². The average Bonchev–Trinajstić information content (AvgIpc) is 3.66. The van der Waals surface area contributed by atoms with Crippen LogP contribution in [0.25, 0.3) is 44.4 Å². The molecule has 5 heteroatoms. The summed E-state index contributed by atoms with van der Waals surface area (Å²) < 4.78 is 35.3. The minimum Gasteiger partial charge on any atom is -0.457 e. The van der Waals surface area contributed by atoms with Crippen LogP contribution in [0.5, 0.6) is 11.5 Å². The van der Waals surface area contributed by atoms with E-state index in [1.807, 2.05) is 42.6 Å². The van der Waals surface area contributed by atoms with Gasteiger partial charge in [-0.25, -0.2) is 9.67 Å². The molecule has 7 rings (SSSR count). The molecule has 0 unspecified atom stereocenters. The van der Waals surface area contributed by atoms with Crippen molar-refractivity contribution in [2.45, 2.75) is 85.9 Å². The highest BCUT2D eigenvalue weighted by Gasteiger charge is 2.23. The molecule has 0 fully saturated rings. The van der Waals surface area contributed by atoms with Crippen molar-refractivity contribution in [2.75, 3.05) is 0 Å². The Hall–Kier alpha value is -5.16. The standard InChI is InChI=1S/C45H48N4O/c1-10-38-43(30-15-13-12-14-16-30)39(11-2)49(47-38)33-24-32(45(7,8)9)25-35(27-33)50-34-18-19-36-37-23-29(3)17-20-40(37)48(41(36)28-34)42-26-31(21-22-46-42)44(4,5)6/h12-28H,10-11H2,1-9H3/i3D3. The Labute approximate surface area is 300 Å². The smallest absolute Gasteiger partial charge is 0.137 e. The molecule has 5 nitrogen and oxygen atoms in total. The molecule has 0 aliphatic carbocycles. The van der Waals surface area contributed by atoms with Crippen LogP contribution in [-0.2, 0) is 23.7 Å². The topological polar surface area (TPSA) is 44.9 Å². The Morgan fingerprint density at radius 3 is 2.18 bits per heavy atom. The van der Waals surface area contributed by atoms with Crippen molar-refractivity contribution in [3.05, 3.63) is 131 Å². The first-order valence-electron chi connectivity index (χ1n) is 19.1. The summed E-state index contributed by atoms with van der Waals surface area (Å²) in [6.07, 6.45) is 3.49. The highest BCUT2D eigenvalue weighted by molar-refractivity contribution is 6.09. The van der Waals surface area contributed by atoms with Crippen molar-refractivity contribution < 1.29 is 8.85 Å². The third-order valence-electron chi connectivity index (χ3n) is 9.60. The molecule has 254 valence electrons. The van der Waals surface area contributed by atoms with E-state index in [-0.39, 0.29) is 10.8 Å². The molecule has 0 N–H and O–H groups in total. The maximum atomic E-state index is 8.10. The maximum Gasteiger partial charge on any atom is 0.137 e. The Balaban J connectivity index is 1.40. The van der Waals surface area contributed by atoms with Gasteiger partial charge in [0.1, 0.15) is 17.3 Å². The van der Waals surface area contributed by atoms with Crippen LogP contribution in [0.3, 0.4) is 0 Å². The van der Waals surface area contributed by atoms with E-state index in [4.69, 9.17) is 18.9 Å². The van der Waals surface area contributed by atoms with Crippen LogP contribution >= 0.6 is 0 Å². The Morgan fingerprint density at radius 1 is 0.700 bits per heavy atom. The second-order valence-electron chi connectivity index (χ2n) is 15.2. The van der Waals surface area contributed by atoms with E-state index in [9.17, 15) is 0 Å². The summed E-state index contributed by atoms with van der Waals surface area (Å²) in [5.74, 6) is 2.14. The van der Waals surface area contributed by atoms with Crippen molar-refractivity contribution in [3.8, 4) is 34.1 Å². The van der Waals surface area contributed by atoms with Gasteiger partial charge in [0.15, 0.2) is 0 Å². The number of hydrogen-bond donors (Lipinski definition) is 0. The van der Waals surface area contributed by atoms with E-state index in [0.717, 1.165) is 68.7 Å². The van der Waals surface area contributed by atoms with Gasteiger partial charge in [-0.05, 0) is 95.7 Å². The molecule has 0 saturated carbocycles. The van der Waals surface area contributed by atoms with Crippen LogP contribution in [0.15, 0.2) is 103 Å². The van der Waals surface area contributed by atoms with Crippen molar-refractivity contribution in [2.24, 2.45) is 0 Å². The van der Waals surface area contributed by atoms with Gasteiger partial charge >= 0.3 is 0 Å². The minimum atomic E-state index is -2.22. The number of hydrogen-bond acceptors (Lipinski definition) is 3. The van der Waals surface area contributed by atoms with Crippen LogP contribution in [0.1, 0.15) is 87.6 Å². The lowest BCUT2D eigenvalue weighted by atomic mass is 9.86. The number of pyridine rings is 1. The van der Waals surface area contributed by atoms with Gasteiger partial charge in [-0.1, -0.05) is 97.4 Å². The van der Waals surface area contributed by atoms with Crippen molar-refractivity contribution in [1.82, 2.24) is 19.3 Å². The minimum absolute atomic E-state index is 0.0824. The highest BCUT2D eigenvalue weighted by atomic mass is 16.5. The van der Waals surface area contributed by atoms with E-state index >= 15 is 0 Å². The molecule has 4 aromatic carbocycles. The van der Waals surface area contributed by atoms with Crippen LogP contribution in [0.4, 0.5) is 0 Å². The predicted octanol–water partition coefficient (Wildman–Crippen LogP) is 11.9. The number of aromatic nitrogens is 4. The third kappa shape index (κ3) is 6.10. The molecule has 0 aliphatic heterocycles. The van der Waals surface area contributed by atoms with E-state index in [1.54, 1.807) is 12.1 Å². The fourth-order valence-corrected chi connectivity index (χ4v) is 6.88. The summed E-state index contributed by atoms with van der Waals surface area (Å²) in [4.78, 5) is 4.82. The zero-order chi connectivity index (χ0) is 37.9. The van der Waals surface area contributed by atoms with Gasteiger partial charge in [-0.2, -0.15) is 5.10 Å². The van der Waals surface area contributed by atoms with Crippen molar-refractivity contribution in [1.29, 1.82) is 0 Å². The average molecular weight is 664 g/mol. The quantitative estimate of drug-likeness (QED) is 0.170. The van der Waals surface area contributed by atoms with Gasteiger partial charge in [0.2, 0.25) is 0 Å². The lowest BCUT2D eigenvalue weighted by Gasteiger charge is -2.22. The van der Waals surface area contributed by atoms with Gasteiger partial charge in [-0.3, -0.25) is 4.57 Å². The summed E-state index contributed by atoms with van der Waals surface area (Å²) in [7, 11) is 0. The molecule has 0 aliphatic rings. The van der Waals surface area contributed by atoms with Gasteiger partial charge in [0.05, 0.1) is 28.1 Å². The number of benzene rings is 4. The number of rotatable bonds is 7. The second-order valence-corrected chi connectivity index (χ2v) is 15.2. The first-order chi connectivity index (χ1) is 25.1. The zero-order valence-electron chi connectivity index (χ0n) is 33.4. The van der Waals surface area contributed by atoms with Crippen molar-refractivity contribution in [3.63, 3.8) is 0 Å². The second kappa shape index (κ2) is 12.6. The molecule has 3 heterocycles. The lowest BCUT2D eigenvalue weighted by Crippen LogP contribution is -2.13. The number of fused-ring (bicyclic) bond motifs is 3. The number of nitrogens with zero attached hydrogens (tertiary/aromatic N) is 4. The summed E-state index contributed by atoms with van der Waals surface area (Å²) in [6, 6.07) is 32.5. The number of aryl methyl sites for hydroxylation is 2. The lowest BCUT2D eigenvalue weighted by molar-refractivity contribution is 0.478. The molecule has 7 aromatic rings. The van der Waals surface area contributed by atoms with Gasteiger partial charge in [0, 0.05) is 38.8 Å². The molecule has 0 radical (unpaired) electrons. The molecule has 0 atom stereocenters. The Kier molecular flexibility index (Phi) is 7.51. The monoisotopic (exact) mass is 663 g/mol. The van der Waals surface area contributed by atoms with Crippen LogP contribution < -0.4 is 4.74 Å². The molecular formula is C45H48N4O. The summed E-state index contributed by atoms with van der Waals surface area (Å²) in [5, 5.41) is 6.97. The molecule has 0 saturated heterocycles. The largest absolute Gasteiger partial charge is 0.457 e. The van der Waals surface area contributed by atoms with Crippen LogP contribution in [0.2, 0.25) is 0 Å². The summed E-state index contributed by atoms with van der Waals surface area (Å²) in [5.41, 5.74) is 9.69. The van der Waals surface area contributed by atoms with E-state index in [2.05, 4.69) is 113 Å². The fourth-order valence-electron chi connectivity index (χ4n) is 6.88. The van der Waals surface area contributed by atoms with E-state index in [0.29, 0.717) is 17.1 Å². The first kappa shape index (κ1) is 29.7. The normalized spacial score (nSPS) is 13.4. The van der Waals surface area contributed by atoms with Crippen molar-refractivity contribution >= 4 is 21.8 Å². The molecule has 0 bridgehead atoms. The van der Waals surface area contributed by atoms with E-state index in [1.165, 1.54) is 11.1 Å². The number of ether oxygens (including phenoxy) is 1. The third-order valence-corrected chi connectivity index (χ3v) is 9.60. The van der Waals surface area contributed by atoms with Crippen LogP contribution in [-0.4, -0.2) is 19.3 Å². The molecule has 50 heavy (non-hydrogen) atoms. The Morgan fingerprint density at radius 2 is 1.48 bits per heavy atom.